The molecule has 2 unspecified atom stereocenters. The number of hydrogen-bond donors (Lipinski definition) is 1. The number of amides is 1. The maximum atomic E-state index is 12.5. The van der Waals surface area contributed by atoms with Crippen molar-refractivity contribution < 1.29 is 4.79 Å². The van der Waals surface area contributed by atoms with E-state index in [9.17, 15) is 4.79 Å². The quantitative estimate of drug-likeness (QED) is 0.848. The van der Waals surface area contributed by atoms with Gasteiger partial charge in [0, 0.05) is 6.54 Å². The Kier molecular flexibility index (Phi) is 4.54. The van der Waals surface area contributed by atoms with Gasteiger partial charge in [0.05, 0.1) is 11.7 Å². The molecule has 2 rings (SSSR count). The first-order valence-corrected chi connectivity index (χ1v) is 8.05. The maximum absolute atomic E-state index is 12.5. The van der Waals surface area contributed by atoms with E-state index in [1.807, 2.05) is 6.92 Å². The molecule has 1 aliphatic carbocycles. The fourth-order valence-corrected chi connectivity index (χ4v) is 3.58. The van der Waals surface area contributed by atoms with Crippen LogP contribution in [0, 0.1) is 11.8 Å². The molecule has 1 N–H and O–H groups in total. The van der Waals surface area contributed by atoms with E-state index in [4.69, 9.17) is 0 Å². The van der Waals surface area contributed by atoms with Gasteiger partial charge < -0.3 is 4.90 Å². The highest BCUT2D eigenvalue weighted by Gasteiger charge is 2.44. The fourth-order valence-electron chi connectivity index (χ4n) is 3.58. The Morgan fingerprint density at radius 3 is 2.42 bits per heavy atom. The van der Waals surface area contributed by atoms with Gasteiger partial charge in [-0.1, -0.05) is 39.5 Å². The van der Waals surface area contributed by atoms with Crippen molar-refractivity contribution in [3.05, 3.63) is 0 Å². The lowest BCUT2D eigenvalue weighted by Gasteiger charge is -2.29. The minimum Gasteiger partial charge on any atom is -0.326 e. The van der Waals surface area contributed by atoms with Crippen LogP contribution in [0.25, 0.3) is 0 Å². The smallest absolute Gasteiger partial charge is 0.243 e. The predicted molar refractivity (Wildman–Crippen MR) is 78.7 cm³/mol. The number of nitrogens with zero attached hydrogens (tertiary/aromatic N) is 1. The van der Waals surface area contributed by atoms with Crippen LogP contribution < -0.4 is 5.32 Å². The highest BCUT2D eigenvalue weighted by atomic mass is 16.2. The molecule has 1 amide bonds. The highest BCUT2D eigenvalue weighted by molar-refractivity contribution is 5.88. The summed E-state index contributed by atoms with van der Waals surface area (Å²) in [6.45, 7) is 9.53. The third-order valence-electron chi connectivity index (χ3n) is 5.35. The number of hydrogen-bond acceptors (Lipinski definition) is 2. The van der Waals surface area contributed by atoms with Crippen molar-refractivity contribution in [2.24, 2.45) is 11.8 Å². The molecule has 2 fully saturated rings. The molecule has 0 radical (unpaired) electrons. The number of carbonyl (C=O) groups is 1. The van der Waals surface area contributed by atoms with Gasteiger partial charge in [-0.2, -0.15) is 0 Å². The standard InChI is InChI=1S/C16H30N2O/c1-5-16(4)15(19)18(13(3)17-16)11-10-14-8-6-12(2)7-9-14/h12-14,17H,5-11H2,1-4H3. The van der Waals surface area contributed by atoms with E-state index in [0.717, 1.165) is 24.8 Å². The first kappa shape index (κ1) is 14.8. The van der Waals surface area contributed by atoms with Gasteiger partial charge in [-0.3, -0.25) is 10.1 Å². The Morgan fingerprint density at radius 2 is 1.89 bits per heavy atom. The van der Waals surface area contributed by atoms with Crippen molar-refractivity contribution >= 4 is 5.91 Å². The minimum atomic E-state index is -0.333. The molecule has 19 heavy (non-hydrogen) atoms. The molecular weight excluding hydrogens is 236 g/mol. The van der Waals surface area contributed by atoms with E-state index in [2.05, 4.69) is 31.0 Å². The summed E-state index contributed by atoms with van der Waals surface area (Å²) in [7, 11) is 0. The third-order valence-corrected chi connectivity index (χ3v) is 5.35. The van der Waals surface area contributed by atoms with Gasteiger partial charge >= 0.3 is 0 Å². The molecule has 0 spiro atoms. The molecule has 1 heterocycles. The molecular formula is C16H30N2O. The largest absolute Gasteiger partial charge is 0.326 e. The predicted octanol–water partition coefficient (Wildman–Crippen LogP) is 3.15. The minimum absolute atomic E-state index is 0.194. The lowest BCUT2D eigenvalue weighted by molar-refractivity contribution is -0.133. The maximum Gasteiger partial charge on any atom is 0.243 e. The lowest BCUT2D eigenvalue weighted by atomic mass is 9.81. The fraction of sp³-hybridized carbons (Fsp3) is 0.938. The van der Waals surface area contributed by atoms with Crippen LogP contribution in [0.3, 0.4) is 0 Å². The molecule has 1 saturated carbocycles. The SMILES string of the molecule is CCC1(C)NC(C)N(CCC2CCC(C)CC2)C1=O. The molecule has 3 heteroatoms. The Bertz CT molecular complexity index is 323. The second-order valence-electron chi connectivity index (χ2n) is 6.92. The van der Waals surface area contributed by atoms with Gasteiger partial charge in [0.25, 0.3) is 0 Å². The second kappa shape index (κ2) is 5.82. The Morgan fingerprint density at radius 1 is 1.26 bits per heavy atom. The van der Waals surface area contributed by atoms with Crippen molar-refractivity contribution in [3.8, 4) is 0 Å². The van der Waals surface area contributed by atoms with Crippen molar-refractivity contribution in [1.82, 2.24) is 10.2 Å². The molecule has 2 aliphatic rings. The molecule has 0 bridgehead atoms. The van der Waals surface area contributed by atoms with E-state index in [1.165, 1.54) is 32.1 Å². The number of carbonyl (C=O) groups excluding carboxylic acids is 1. The normalized spacial score (nSPS) is 39.9. The van der Waals surface area contributed by atoms with Crippen molar-refractivity contribution in [2.45, 2.75) is 77.9 Å². The molecule has 0 aromatic rings. The van der Waals surface area contributed by atoms with E-state index in [1.54, 1.807) is 0 Å². The average Bonchev–Trinajstić information content (AvgIpc) is 2.61. The van der Waals surface area contributed by atoms with Crippen LogP contribution in [0.5, 0.6) is 0 Å². The Hall–Kier alpha value is -0.570. The molecule has 1 aliphatic heterocycles. The molecule has 3 nitrogen and oxygen atoms in total. The highest BCUT2D eigenvalue weighted by Crippen LogP contribution is 2.31. The molecule has 0 aromatic heterocycles. The summed E-state index contributed by atoms with van der Waals surface area (Å²) in [6.07, 6.45) is 7.71. The van der Waals surface area contributed by atoms with Crippen LogP contribution in [-0.2, 0) is 4.79 Å². The Balaban J connectivity index is 1.84. The zero-order valence-corrected chi connectivity index (χ0v) is 13.0. The van der Waals surface area contributed by atoms with Gasteiger partial charge in [0.2, 0.25) is 5.91 Å². The summed E-state index contributed by atoms with van der Waals surface area (Å²) < 4.78 is 0. The van der Waals surface area contributed by atoms with Gasteiger partial charge in [-0.15, -0.1) is 0 Å². The summed E-state index contributed by atoms with van der Waals surface area (Å²) in [5.74, 6) is 2.05. The summed E-state index contributed by atoms with van der Waals surface area (Å²) in [6, 6.07) is 0. The van der Waals surface area contributed by atoms with Crippen LogP contribution in [0.15, 0.2) is 0 Å². The van der Waals surface area contributed by atoms with E-state index in [0.29, 0.717) is 5.91 Å². The first-order chi connectivity index (χ1) is 8.96. The summed E-state index contributed by atoms with van der Waals surface area (Å²) >= 11 is 0. The van der Waals surface area contributed by atoms with Crippen molar-refractivity contribution in [1.29, 1.82) is 0 Å². The van der Waals surface area contributed by atoms with Crippen molar-refractivity contribution in [3.63, 3.8) is 0 Å². The van der Waals surface area contributed by atoms with Gasteiger partial charge in [-0.05, 0) is 38.5 Å². The molecule has 1 saturated heterocycles. The molecule has 0 aromatic carbocycles. The van der Waals surface area contributed by atoms with E-state index >= 15 is 0 Å². The van der Waals surface area contributed by atoms with Gasteiger partial charge in [0.15, 0.2) is 0 Å². The van der Waals surface area contributed by atoms with Crippen LogP contribution in [0.1, 0.15) is 66.2 Å². The van der Waals surface area contributed by atoms with Crippen LogP contribution in [-0.4, -0.2) is 29.1 Å². The first-order valence-electron chi connectivity index (χ1n) is 8.05. The number of rotatable bonds is 4. The average molecular weight is 266 g/mol. The monoisotopic (exact) mass is 266 g/mol. The van der Waals surface area contributed by atoms with Gasteiger partial charge in [-0.25, -0.2) is 0 Å². The second-order valence-corrected chi connectivity index (χ2v) is 6.92. The summed E-state index contributed by atoms with van der Waals surface area (Å²) in [5.41, 5.74) is -0.333. The third kappa shape index (κ3) is 3.13. The van der Waals surface area contributed by atoms with E-state index in [-0.39, 0.29) is 11.7 Å². The summed E-state index contributed by atoms with van der Waals surface area (Å²) in [5, 5.41) is 3.45. The lowest BCUT2D eigenvalue weighted by Crippen LogP contribution is -2.43. The Labute approximate surface area is 118 Å². The van der Waals surface area contributed by atoms with Gasteiger partial charge in [0.1, 0.15) is 0 Å². The van der Waals surface area contributed by atoms with Crippen molar-refractivity contribution in [2.75, 3.05) is 6.54 Å². The molecule has 110 valence electrons. The zero-order valence-electron chi connectivity index (χ0n) is 13.0. The molecule has 2 atom stereocenters. The van der Waals surface area contributed by atoms with Crippen LogP contribution in [0.2, 0.25) is 0 Å². The van der Waals surface area contributed by atoms with Crippen LogP contribution in [0.4, 0.5) is 0 Å². The zero-order chi connectivity index (χ0) is 14.0. The topological polar surface area (TPSA) is 32.3 Å². The summed E-state index contributed by atoms with van der Waals surface area (Å²) in [4.78, 5) is 14.5. The van der Waals surface area contributed by atoms with E-state index < -0.39 is 0 Å². The van der Waals surface area contributed by atoms with Crippen LogP contribution >= 0.6 is 0 Å². The number of nitrogens with one attached hydrogen (secondary N) is 1.